The maximum absolute atomic E-state index is 11.2. The molecule has 0 radical (unpaired) electrons. The van der Waals surface area contributed by atoms with Crippen LogP contribution in [0.3, 0.4) is 0 Å². The van der Waals surface area contributed by atoms with Crippen LogP contribution in [-0.4, -0.2) is 85.3 Å². The van der Waals surface area contributed by atoms with E-state index in [2.05, 4.69) is 0 Å². The van der Waals surface area contributed by atoms with Gasteiger partial charge in [0.05, 0.1) is 0 Å². The molecular formula is C11H22MnN2NaO8. The van der Waals surface area contributed by atoms with Crippen LogP contribution in [-0.2, 0) is 31.0 Å². The summed E-state index contributed by atoms with van der Waals surface area (Å²) in [6.07, 6.45) is -0.0461. The fourth-order valence-corrected chi connectivity index (χ4v) is 9.52. The molecule has 0 aromatic carbocycles. The molecule has 8 N–H and O–H groups in total. The normalized spacial score (nSPS) is 13.9. The van der Waals surface area contributed by atoms with Gasteiger partial charge in [-0.25, -0.2) is 0 Å². The van der Waals surface area contributed by atoms with Crippen LogP contribution in [0.2, 0.25) is 21.3 Å². The van der Waals surface area contributed by atoms with Gasteiger partial charge in [0.25, 0.3) is 0 Å². The van der Waals surface area contributed by atoms with Gasteiger partial charge in [-0.1, -0.05) is 0 Å². The van der Waals surface area contributed by atoms with Crippen molar-refractivity contribution in [2.24, 2.45) is 11.5 Å². The van der Waals surface area contributed by atoms with Gasteiger partial charge in [0.1, 0.15) is 0 Å². The molecule has 12 heteroatoms. The molecular weight excluding hydrogens is 366 g/mol. The van der Waals surface area contributed by atoms with Gasteiger partial charge >= 0.3 is 155 Å². The summed E-state index contributed by atoms with van der Waals surface area (Å²) in [5, 5.41) is 33.2. The predicted octanol–water partition coefficient (Wildman–Crippen LogP) is -1.33. The Morgan fingerprint density at radius 1 is 0.783 bits per heavy atom. The number of carbonyl (C=O) groups is 4. The second-order valence-corrected chi connectivity index (χ2v) is 13.0. The fraction of sp³-hybridized carbons (Fsp3) is 0.636. The molecule has 10 nitrogen and oxygen atoms in total. The van der Waals surface area contributed by atoms with Gasteiger partial charge in [-0.05, 0) is 0 Å². The molecule has 23 heavy (non-hydrogen) atoms. The average Bonchev–Trinajstić information content (AvgIpc) is 2.24. The third-order valence-electron chi connectivity index (χ3n) is 3.13. The number of carboxylic acids is 4. The van der Waals surface area contributed by atoms with Crippen LogP contribution in [0.15, 0.2) is 0 Å². The second-order valence-electron chi connectivity index (χ2n) is 4.95. The topological polar surface area (TPSA) is 201 Å². The van der Waals surface area contributed by atoms with E-state index in [4.69, 9.17) is 31.9 Å². The Labute approximate surface area is 155 Å². The Morgan fingerprint density at radius 3 is 1.22 bits per heavy atom. The van der Waals surface area contributed by atoms with Crippen molar-refractivity contribution in [2.75, 3.05) is 6.54 Å². The number of aliphatic carboxylic acids is 4. The summed E-state index contributed by atoms with van der Waals surface area (Å²) >= 11 is -4.75. The van der Waals surface area contributed by atoms with E-state index in [0.29, 0.717) is 0 Å². The van der Waals surface area contributed by atoms with E-state index in [0.717, 1.165) is 0 Å². The van der Waals surface area contributed by atoms with Crippen molar-refractivity contribution < 1.29 is 51.4 Å². The van der Waals surface area contributed by atoms with Gasteiger partial charge < -0.3 is 0 Å². The standard InChI is InChI=1S/C3H9N2.4C2H3O2.Mn.Na.H/c4-2-1-3-5;4*1-2(3)4;;;/h2H,1,3-5H2;4*1H2,(H,3,4);;;. The molecule has 0 rings (SSSR count). The molecule has 0 aliphatic carbocycles. The number of carboxylic acid groups (broad SMARTS) is 4. The molecule has 0 aliphatic heterocycles. The van der Waals surface area contributed by atoms with Gasteiger partial charge in [-0.15, -0.1) is 0 Å². The van der Waals surface area contributed by atoms with Crippen LogP contribution in [0.4, 0.5) is 0 Å². The summed E-state index contributed by atoms with van der Waals surface area (Å²) in [7, 11) is 0. The first-order chi connectivity index (χ1) is 9.97. The Morgan fingerprint density at radius 2 is 1.04 bits per heavy atom. The maximum atomic E-state index is 11.2. The average molecular weight is 388 g/mol. The molecule has 0 heterocycles. The van der Waals surface area contributed by atoms with Crippen LogP contribution in [0.1, 0.15) is 6.42 Å². The molecule has 0 amide bonds. The minimum atomic E-state index is -4.75. The first-order valence-corrected chi connectivity index (χ1v) is 10.1. The van der Waals surface area contributed by atoms with E-state index in [1.807, 2.05) is 0 Å². The zero-order valence-electron chi connectivity index (χ0n) is 11.8. The fourth-order valence-electron chi connectivity index (χ4n) is 2.38. The Hall–Kier alpha value is -0.681. The van der Waals surface area contributed by atoms with Crippen LogP contribution >= 0.6 is 0 Å². The van der Waals surface area contributed by atoms with Crippen molar-refractivity contribution >= 4 is 53.4 Å². The van der Waals surface area contributed by atoms with E-state index in [1.54, 1.807) is 0 Å². The Kier molecular flexibility index (Phi) is 10.2. The second kappa shape index (κ2) is 9.58. The molecule has 0 saturated heterocycles. The number of hydrogen-bond donors (Lipinski definition) is 6. The van der Waals surface area contributed by atoms with Gasteiger partial charge in [0.2, 0.25) is 0 Å². The van der Waals surface area contributed by atoms with Crippen molar-refractivity contribution in [3.8, 4) is 0 Å². The first kappa shape index (κ1) is 24.6. The summed E-state index contributed by atoms with van der Waals surface area (Å²) in [6, 6.07) is 0. The van der Waals surface area contributed by atoms with E-state index in [9.17, 15) is 19.2 Å². The molecule has 1 unspecified atom stereocenters. The molecule has 0 bridgehead atoms. The molecule has 0 fully saturated rings. The van der Waals surface area contributed by atoms with Gasteiger partial charge in [-0.3, -0.25) is 0 Å². The summed E-state index contributed by atoms with van der Waals surface area (Å²) in [4.78, 5) is 43.8. The summed E-state index contributed by atoms with van der Waals surface area (Å²) in [5.41, 5.74) is 11.3. The van der Waals surface area contributed by atoms with Gasteiger partial charge in [0, 0.05) is 0 Å². The predicted molar refractivity (Wildman–Crippen MR) is 78.6 cm³/mol. The number of nitrogens with two attached hydrogens (primary N) is 2. The molecule has 0 aromatic rings. The zero-order valence-corrected chi connectivity index (χ0v) is 13.0. The molecule has 0 saturated carbocycles. The third-order valence-corrected chi connectivity index (χ3v) is 11.9. The quantitative estimate of drug-likeness (QED) is 0.230. The van der Waals surface area contributed by atoms with Crippen LogP contribution in [0.25, 0.3) is 0 Å². The van der Waals surface area contributed by atoms with Crippen molar-refractivity contribution in [3.63, 3.8) is 0 Å². The van der Waals surface area contributed by atoms with Crippen LogP contribution in [0.5, 0.6) is 0 Å². The first-order valence-electron chi connectivity index (χ1n) is 6.06. The third kappa shape index (κ3) is 6.76. The van der Waals surface area contributed by atoms with E-state index in [-0.39, 0.29) is 42.5 Å². The number of hydrogen-bond acceptors (Lipinski definition) is 6. The van der Waals surface area contributed by atoms with Crippen molar-refractivity contribution in [1.29, 1.82) is 0 Å². The molecule has 0 spiro atoms. The monoisotopic (exact) mass is 388 g/mol. The minimum absolute atomic E-state index is 0. The van der Waals surface area contributed by atoms with Gasteiger partial charge in [-0.2, -0.15) is 0 Å². The van der Waals surface area contributed by atoms with E-state index < -0.39 is 61.9 Å². The molecule has 1 atom stereocenters. The van der Waals surface area contributed by atoms with Crippen molar-refractivity contribution in [3.05, 3.63) is 0 Å². The SMILES string of the molecule is NCC[CH](N)[Mn]([CH2]C(=O)O)([CH2]C(=O)O)([CH2]C(=O)O)[CH2]C(=O)O.[NaH]. The summed E-state index contributed by atoms with van der Waals surface area (Å²) in [6.45, 7) is -0.0382. The molecule has 0 aliphatic rings. The van der Waals surface area contributed by atoms with Crippen molar-refractivity contribution in [2.45, 2.75) is 32.6 Å². The summed E-state index contributed by atoms with van der Waals surface area (Å²) < 4.78 is 0. The molecule has 0 aromatic heterocycles. The summed E-state index contributed by atoms with van der Waals surface area (Å²) in [5.74, 6) is -5.87. The van der Waals surface area contributed by atoms with E-state index >= 15 is 0 Å². The Balaban J connectivity index is 0. The zero-order chi connectivity index (χ0) is 17.6. The van der Waals surface area contributed by atoms with Gasteiger partial charge in [0.15, 0.2) is 0 Å². The van der Waals surface area contributed by atoms with E-state index in [1.165, 1.54) is 0 Å². The molecule has 132 valence electrons. The Bertz CT molecular complexity index is 411. The number of rotatable bonds is 11. The van der Waals surface area contributed by atoms with Crippen LogP contribution < -0.4 is 11.5 Å². The van der Waals surface area contributed by atoms with Crippen molar-refractivity contribution in [1.82, 2.24) is 0 Å². The van der Waals surface area contributed by atoms with Crippen LogP contribution in [0, 0.1) is 0 Å².